The van der Waals surface area contributed by atoms with Crippen LogP contribution in [0.15, 0.2) is 47.1 Å². The predicted molar refractivity (Wildman–Crippen MR) is 85.4 cm³/mol. The summed E-state index contributed by atoms with van der Waals surface area (Å²) in [4.78, 5) is 21.1. The van der Waals surface area contributed by atoms with Crippen molar-refractivity contribution in [3.63, 3.8) is 0 Å². The molecule has 2 heterocycles. The van der Waals surface area contributed by atoms with Crippen molar-refractivity contribution in [1.82, 2.24) is 14.5 Å². The van der Waals surface area contributed by atoms with E-state index in [1.807, 2.05) is 30.3 Å². The first-order valence-electron chi connectivity index (χ1n) is 6.78. The van der Waals surface area contributed by atoms with Crippen LogP contribution in [0.1, 0.15) is 23.2 Å². The summed E-state index contributed by atoms with van der Waals surface area (Å²) in [6, 6.07) is 11.5. The van der Waals surface area contributed by atoms with Crippen LogP contribution in [0.2, 0.25) is 0 Å². The molecule has 21 heavy (non-hydrogen) atoms. The number of Topliss-reactive ketones (excluding diaryl/α,β-unsaturated/α-hetero) is 1. The number of imidazole rings is 1. The average molecular weight is 344 g/mol. The summed E-state index contributed by atoms with van der Waals surface area (Å²) in [6.45, 7) is 2.84. The summed E-state index contributed by atoms with van der Waals surface area (Å²) < 4.78 is 2.94. The van der Waals surface area contributed by atoms with E-state index in [9.17, 15) is 4.79 Å². The number of nitrogens with zero attached hydrogens (tertiary/aromatic N) is 3. The molecule has 5 heteroatoms. The molecule has 0 saturated heterocycles. The second kappa shape index (κ2) is 5.77. The maximum Gasteiger partial charge on any atom is 0.188 e. The molecule has 0 saturated carbocycles. The van der Waals surface area contributed by atoms with Crippen molar-refractivity contribution in [3.8, 4) is 0 Å². The number of rotatable bonds is 4. The SMILES string of the molecule is CCn1c(CC(=O)c2ccc(Br)cn2)nc2ccccc21. The highest BCUT2D eigenvalue weighted by Crippen LogP contribution is 2.17. The van der Waals surface area contributed by atoms with Gasteiger partial charge in [-0.1, -0.05) is 12.1 Å². The Morgan fingerprint density at radius 3 is 2.76 bits per heavy atom. The molecular weight excluding hydrogens is 330 g/mol. The molecule has 0 N–H and O–H groups in total. The van der Waals surface area contributed by atoms with Gasteiger partial charge in [-0.2, -0.15) is 0 Å². The molecule has 0 aliphatic rings. The third-order valence-electron chi connectivity index (χ3n) is 3.38. The smallest absolute Gasteiger partial charge is 0.188 e. The van der Waals surface area contributed by atoms with E-state index < -0.39 is 0 Å². The van der Waals surface area contributed by atoms with E-state index >= 15 is 0 Å². The topological polar surface area (TPSA) is 47.8 Å². The molecule has 0 spiro atoms. The summed E-state index contributed by atoms with van der Waals surface area (Å²) in [5.74, 6) is 0.765. The molecule has 0 amide bonds. The van der Waals surface area contributed by atoms with Gasteiger partial charge in [0, 0.05) is 17.2 Å². The van der Waals surface area contributed by atoms with Gasteiger partial charge in [0.2, 0.25) is 0 Å². The standard InChI is InChI=1S/C16H14BrN3O/c1-2-20-14-6-4-3-5-12(14)19-16(20)9-15(21)13-8-7-11(17)10-18-13/h3-8,10H,2,9H2,1H3. The summed E-state index contributed by atoms with van der Waals surface area (Å²) >= 11 is 3.32. The Labute approximate surface area is 131 Å². The fourth-order valence-electron chi connectivity index (χ4n) is 2.39. The Hall–Kier alpha value is -2.01. The van der Waals surface area contributed by atoms with Gasteiger partial charge in [-0.25, -0.2) is 4.98 Å². The van der Waals surface area contributed by atoms with E-state index in [2.05, 4.69) is 37.4 Å². The summed E-state index contributed by atoms with van der Waals surface area (Å²) in [6.07, 6.45) is 1.90. The number of halogens is 1. The maximum absolute atomic E-state index is 12.3. The van der Waals surface area contributed by atoms with Gasteiger partial charge in [0.1, 0.15) is 11.5 Å². The minimum Gasteiger partial charge on any atom is -0.328 e. The number of carbonyl (C=O) groups is 1. The molecule has 1 aromatic carbocycles. The molecule has 3 aromatic rings. The number of benzene rings is 1. The molecule has 0 bridgehead atoms. The molecule has 0 aliphatic heterocycles. The van der Waals surface area contributed by atoms with Crippen molar-refractivity contribution >= 4 is 32.7 Å². The molecule has 0 radical (unpaired) electrons. The monoisotopic (exact) mass is 343 g/mol. The Balaban J connectivity index is 1.94. The molecule has 4 nitrogen and oxygen atoms in total. The van der Waals surface area contributed by atoms with Crippen LogP contribution < -0.4 is 0 Å². The highest BCUT2D eigenvalue weighted by molar-refractivity contribution is 9.10. The lowest BCUT2D eigenvalue weighted by Gasteiger charge is -2.05. The van der Waals surface area contributed by atoms with Gasteiger partial charge in [0.15, 0.2) is 5.78 Å². The number of pyridine rings is 1. The summed E-state index contributed by atoms with van der Waals surface area (Å²) in [5, 5.41) is 0. The second-order valence-corrected chi connectivity index (χ2v) is 5.64. The average Bonchev–Trinajstić information content (AvgIpc) is 2.84. The van der Waals surface area contributed by atoms with Gasteiger partial charge >= 0.3 is 0 Å². The molecule has 0 atom stereocenters. The van der Waals surface area contributed by atoms with Gasteiger partial charge in [0.25, 0.3) is 0 Å². The van der Waals surface area contributed by atoms with Gasteiger partial charge in [-0.15, -0.1) is 0 Å². The van der Waals surface area contributed by atoms with Crippen molar-refractivity contribution in [2.45, 2.75) is 19.9 Å². The number of para-hydroxylation sites is 2. The number of fused-ring (bicyclic) bond motifs is 1. The van der Waals surface area contributed by atoms with Crippen LogP contribution in [0.5, 0.6) is 0 Å². The molecule has 106 valence electrons. The van der Waals surface area contributed by atoms with E-state index in [0.717, 1.165) is 27.9 Å². The first-order valence-corrected chi connectivity index (χ1v) is 7.57. The lowest BCUT2D eigenvalue weighted by Crippen LogP contribution is -2.11. The van der Waals surface area contributed by atoms with E-state index in [1.165, 1.54) is 0 Å². The number of hydrogen-bond acceptors (Lipinski definition) is 3. The Kier molecular flexibility index (Phi) is 3.84. The Morgan fingerprint density at radius 2 is 2.05 bits per heavy atom. The predicted octanol–water partition coefficient (Wildman–Crippen LogP) is 3.64. The Morgan fingerprint density at radius 1 is 1.24 bits per heavy atom. The Bertz CT molecular complexity index is 793. The second-order valence-electron chi connectivity index (χ2n) is 4.72. The van der Waals surface area contributed by atoms with Gasteiger partial charge in [-0.05, 0) is 47.1 Å². The van der Waals surface area contributed by atoms with Crippen LogP contribution >= 0.6 is 15.9 Å². The van der Waals surface area contributed by atoms with Gasteiger partial charge in [0.05, 0.1) is 17.5 Å². The van der Waals surface area contributed by atoms with E-state index in [4.69, 9.17) is 0 Å². The van der Waals surface area contributed by atoms with Crippen LogP contribution in [-0.4, -0.2) is 20.3 Å². The fourth-order valence-corrected chi connectivity index (χ4v) is 2.62. The molecule has 0 unspecified atom stereocenters. The lowest BCUT2D eigenvalue weighted by atomic mass is 10.2. The van der Waals surface area contributed by atoms with Crippen molar-refractivity contribution < 1.29 is 4.79 Å². The highest BCUT2D eigenvalue weighted by atomic mass is 79.9. The van der Waals surface area contributed by atoms with Crippen LogP contribution in [0.25, 0.3) is 11.0 Å². The zero-order valence-electron chi connectivity index (χ0n) is 11.6. The normalized spacial score (nSPS) is 11.0. The third-order valence-corrected chi connectivity index (χ3v) is 3.85. The van der Waals surface area contributed by atoms with E-state index in [1.54, 1.807) is 12.3 Å². The lowest BCUT2D eigenvalue weighted by molar-refractivity contribution is 0.0985. The first kappa shape index (κ1) is 13.9. The largest absolute Gasteiger partial charge is 0.328 e. The zero-order valence-corrected chi connectivity index (χ0v) is 13.2. The molecule has 3 rings (SSSR count). The number of aromatic nitrogens is 3. The van der Waals surface area contributed by atoms with Crippen LogP contribution in [0.4, 0.5) is 0 Å². The highest BCUT2D eigenvalue weighted by Gasteiger charge is 2.15. The van der Waals surface area contributed by atoms with Gasteiger partial charge < -0.3 is 4.57 Å². The molecule has 0 aliphatic carbocycles. The minimum atomic E-state index is -0.0208. The number of hydrogen-bond donors (Lipinski definition) is 0. The molecule has 2 aromatic heterocycles. The third kappa shape index (κ3) is 2.74. The van der Waals surface area contributed by atoms with E-state index in [-0.39, 0.29) is 12.2 Å². The van der Waals surface area contributed by atoms with Crippen LogP contribution in [0, 0.1) is 0 Å². The van der Waals surface area contributed by atoms with E-state index in [0.29, 0.717) is 5.69 Å². The minimum absolute atomic E-state index is 0.0208. The number of aryl methyl sites for hydroxylation is 1. The first-order chi connectivity index (χ1) is 10.2. The summed E-state index contributed by atoms with van der Waals surface area (Å²) in [5.41, 5.74) is 2.45. The van der Waals surface area contributed by atoms with Crippen LogP contribution in [0.3, 0.4) is 0 Å². The van der Waals surface area contributed by atoms with Crippen molar-refractivity contribution in [3.05, 3.63) is 58.6 Å². The van der Waals surface area contributed by atoms with Crippen LogP contribution in [-0.2, 0) is 13.0 Å². The zero-order chi connectivity index (χ0) is 14.8. The van der Waals surface area contributed by atoms with Crippen molar-refractivity contribution in [2.75, 3.05) is 0 Å². The number of ketones is 1. The van der Waals surface area contributed by atoms with Crippen molar-refractivity contribution in [1.29, 1.82) is 0 Å². The van der Waals surface area contributed by atoms with Gasteiger partial charge in [-0.3, -0.25) is 9.78 Å². The maximum atomic E-state index is 12.3. The fraction of sp³-hybridized carbons (Fsp3) is 0.188. The molecular formula is C16H14BrN3O. The quantitative estimate of drug-likeness (QED) is 0.679. The molecule has 0 fully saturated rings. The number of carbonyl (C=O) groups excluding carboxylic acids is 1. The summed E-state index contributed by atoms with van der Waals surface area (Å²) in [7, 11) is 0. The van der Waals surface area contributed by atoms with Crippen molar-refractivity contribution in [2.24, 2.45) is 0 Å².